The van der Waals surface area contributed by atoms with Crippen LogP contribution in [0.5, 0.6) is 11.5 Å². The largest absolute Gasteiger partial charge is 0.497 e. The molecule has 1 N–H and O–H groups in total. The molecule has 2 rings (SSSR count). The van der Waals surface area contributed by atoms with Crippen LogP contribution in [0.3, 0.4) is 0 Å². The van der Waals surface area contributed by atoms with Gasteiger partial charge in [0.25, 0.3) is 0 Å². The van der Waals surface area contributed by atoms with Crippen molar-refractivity contribution < 1.29 is 28.9 Å². The molecule has 0 fully saturated rings. The minimum absolute atomic E-state index is 0.108. The van der Waals surface area contributed by atoms with Gasteiger partial charge >= 0.3 is 5.97 Å². The minimum Gasteiger partial charge on any atom is -0.497 e. The number of nitrogens with zero attached hydrogens (tertiary/aromatic N) is 1. The molecule has 0 aliphatic carbocycles. The zero-order valence-electron chi connectivity index (χ0n) is 16.0. The Morgan fingerprint density at radius 1 is 1.11 bits per heavy atom. The van der Waals surface area contributed by atoms with Crippen LogP contribution in [-0.2, 0) is 14.4 Å². The molecular formula is C21H23NO6. The number of carbonyl (C=O) groups is 1. The number of hydrogen-bond acceptors (Lipinski definition) is 6. The molecule has 0 saturated carbocycles. The SMILES string of the molecule is CCO/C(=C/c1ccc(OCC(=NOC)c2cccc(OC)c2)cc1)C(=O)O. The van der Waals surface area contributed by atoms with Crippen LogP contribution in [0.1, 0.15) is 18.1 Å². The van der Waals surface area contributed by atoms with Crippen LogP contribution in [0.25, 0.3) is 6.08 Å². The highest BCUT2D eigenvalue weighted by Gasteiger charge is 2.09. The molecule has 0 aromatic heterocycles. The Labute approximate surface area is 163 Å². The summed E-state index contributed by atoms with van der Waals surface area (Å²) in [4.78, 5) is 16.0. The monoisotopic (exact) mass is 385 g/mol. The van der Waals surface area contributed by atoms with Gasteiger partial charge in [0, 0.05) is 5.56 Å². The summed E-state index contributed by atoms with van der Waals surface area (Å²) in [6.07, 6.45) is 1.46. The van der Waals surface area contributed by atoms with Gasteiger partial charge in [-0.15, -0.1) is 0 Å². The van der Waals surface area contributed by atoms with E-state index in [1.807, 2.05) is 24.3 Å². The van der Waals surface area contributed by atoms with Gasteiger partial charge in [-0.1, -0.05) is 29.4 Å². The molecule has 0 bridgehead atoms. The maximum Gasteiger partial charge on any atom is 0.371 e. The van der Waals surface area contributed by atoms with E-state index in [4.69, 9.17) is 24.2 Å². The van der Waals surface area contributed by atoms with Crippen molar-refractivity contribution in [2.75, 3.05) is 27.4 Å². The molecule has 2 aromatic rings. The third kappa shape index (κ3) is 6.05. The van der Waals surface area contributed by atoms with Crippen molar-refractivity contribution in [2.45, 2.75) is 6.92 Å². The lowest BCUT2D eigenvalue weighted by Gasteiger charge is -2.10. The molecule has 0 aliphatic heterocycles. The normalized spacial score (nSPS) is 11.7. The van der Waals surface area contributed by atoms with Crippen LogP contribution < -0.4 is 9.47 Å². The predicted molar refractivity (Wildman–Crippen MR) is 106 cm³/mol. The highest BCUT2D eigenvalue weighted by molar-refractivity contribution is 6.01. The second kappa shape index (κ2) is 10.6. The van der Waals surface area contributed by atoms with Crippen molar-refractivity contribution in [1.29, 1.82) is 0 Å². The highest BCUT2D eigenvalue weighted by Crippen LogP contribution is 2.17. The molecule has 0 unspecified atom stereocenters. The van der Waals surface area contributed by atoms with Gasteiger partial charge in [0.05, 0.1) is 13.7 Å². The zero-order valence-corrected chi connectivity index (χ0v) is 16.0. The van der Waals surface area contributed by atoms with Crippen LogP contribution in [0.15, 0.2) is 59.4 Å². The number of carboxylic acid groups (broad SMARTS) is 1. The molecule has 0 radical (unpaired) electrons. The lowest BCUT2D eigenvalue weighted by atomic mass is 10.1. The van der Waals surface area contributed by atoms with Gasteiger partial charge in [-0.3, -0.25) is 0 Å². The number of hydrogen-bond donors (Lipinski definition) is 1. The smallest absolute Gasteiger partial charge is 0.371 e. The van der Waals surface area contributed by atoms with E-state index in [0.717, 1.165) is 5.56 Å². The van der Waals surface area contributed by atoms with Gasteiger partial charge in [-0.25, -0.2) is 4.79 Å². The molecule has 28 heavy (non-hydrogen) atoms. The summed E-state index contributed by atoms with van der Waals surface area (Å²) in [5, 5.41) is 13.1. The van der Waals surface area contributed by atoms with Crippen LogP contribution >= 0.6 is 0 Å². The van der Waals surface area contributed by atoms with Gasteiger partial charge in [-0.05, 0) is 42.8 Å². The van der Waals surface area contributed by atoms with Gasteiger partial charge in [-0.2, -0.15) is 0 Å². The van der Waals surface area contributed by atoms with Crippen molar-refractivity contribution in [3.8, 4) is 11.5 Å². The summed E-state index contributed by atoms with van der Waals surface area (Å²) in [7, 11) is 3.07. The fraction of sp³-hybridized carbons (Fsp3) is 0.238. The predicted octanol–water partition coefficient (Wildman–Crippen LogP) is 3.59. The number of rotatable bonds is 10. The van der Waals surface area contributed by atoms with E-state index in [2.05, 4.69) is 5.16 Å². The fourth-order valence-electron chi connectivity index (χ4n) is 2.36. The van der Waals surface area contributed by atoms with Gasteiger partial charge < -0.3 is 24.2 Å². The molecule has 0 saturated heterocycles. The third-order valence-electron chi connectivity index (χ3n) is 3.67. The molecule has 0 aliphatic rings. The van der Waals surface area contributed by atoms with Gasteiger partial charge in [0.1, 0.15) is 30.9 Å². The number of oxime groups is 1. The molecule has 0 atom stereocenters. The van der Waals surface area contributed by atoms with Crippen molar-refractivity contribution in [2.24, 2.45) is 5.16 Å². The van der Waals surface area contributed by atoms with E-state index in [-0.39, 0.29) is 19.0 Å². The third-order valence-corrected chi connectivity index (χ3v) is 3.67. The van der Waals surface area contributed by atoms with Crippen LogP contribution in [0.2, 0.25) is 0 Å². The fourth-order valence-corrected chi connectivity index (χ4v) is 2.36. The van der Waals surface area contributed by atoms with E-state index in [0.29, 0.717) is 22.8 Å². The van der Waals surface area contributed by atoms with Crippen molar-refractivity contribution in [3.63, 3.8) is 0 Å². The van der Waals surface area contributed by atoms with E-state index < -0.39 is 5.97 Å². The average molecular weight is 385 g/mol. The number of ether oxygens (including phenoxy) is 3. The van der Waals surface area contributed by atoms with E-state index in [9.17, 15) is 4.79 Å². The summed E-state index contributed by atoms with van der Waals surface area (Å²) in [6, 6.07) is 14.4. The lowest BCUT2D eigenvalue weighted by molar-refractivity contribution is -0.136. The summed E-state index contributed by atoms with van der Waals surface area (Å²) >= 11 is 0. The summed E-state index contributed by atoms with van der Waals surface area (Å²) in [5.74, 6) is 0.0997. The van der Waals surface area contributed by atoms with E-state index in [1.54, 1.807) is 38.3 Å². The number of benzene rings is 2. The first-order valence-electron chi connectivity index (χ1n) is 8.62. The Hall–Kier alpha value is -3.48. The first kappa shape index (κ1) is 20.8. The first-order chi connectivity index (χ1) is 13.6. The number of carboxylic acids is 1. The van der Waals surface area contributed by atoms with Gasteiger partial charge in [0.2, 0.25) is 5.76 Å². The van der Waals surface area contributed by atoms with Crippen molar-refractivity contribution in [3.05, 3.63) is 65.4 Å². The first-order valence-corrected chi connectivity index (χ1v) is 8.62. The average Bonchev–Trinajstić information content (AvgIpc) is 2.71. The van der Waals surface area contributed by atoms with Crippen LogP contribution in [-0.4, -0.2) is 44.2 Å². The van der Waals surface area contributed by atoms with Gasteiger partial charge in [0.15, 0.2) is 0 Å². The Balaban J connectivity index is 2.09. The molecular weight excluding hydrogens is 362 g/mol. The number of aliphatic carboxylic acids is 1. The molecule has 2 aromatic carbocycles. The van der Waals surface area contributed by atoms with Crippen LogP contribution in [0, 0.1) is 0 Å². The Morgan fingerprint density at radius 2 is 1.86 bits per heavy atom. The summed E-state index contributed by atoms with van der Waals surface area (Å²) in [5.41, 5.74) is 2.12. The second-order valence-electron chi connectivity index (χ2n) is 5.56. The zero-order chi connectivity index (χ0) is 20.4. The maximum atomic E-state index is 11.1. The molecule has 0 heterocycles. The molecule has 0 amide bonds. The Morgan fingerprint density at radius 3 is 2.46 bits per heavy atom. The Bertz CT molecular complexity index is 842. The van der Waals surface area contributed by atoms with E-state index in [1.165, 1.54) is 13.2 Å². The maximum absolute atomic E-state index is 11.1. The molecule has 0 spiro atoms. The molecule has 7 heteroatoms. The van der Waals surface area contributed by atoms with Crippen molar-refractivity contribution in [1.82, 2.24) is 0 Å². The van der Waals surface area contributed by atoms with E-state index >= 15 is 0 Å². The Kier molecular flexibility index (Phi) is 7.90. The standard InChI is InChI=1S/C21H23NO6/c1-4-27-20(21(23)24)12-15-8-10-17(11-9-15)28-14-19(22-26-3)16-6-5-7-18(13-16)25-2/h5-13H,4,14H2,1-3H3,(H,23,24)/b20-12+,22-19?. The number of methoxy groups -OCH3 is 1. The molecule has 148 valence electrons. The van der Waals surface area contributed by atoms with Crippen LogP contribution in [0.4, 0.5) is 0 Å². The lowest BCUT2D eigenvalue weighted by Crippen LogP contribution is -2.13. The quantitative estimate of drug-likeness (QED) is 0.291. The molecule has 7 nitrogen and oxygen atoms in total. The topological polar surface area (TPSA) is 86.6 Å². The summed E-state index contributed by atoms with van der Waals surface area (Å²) < 4.78 is 16.1. The second-order valence-corrected chi connectivity index (χ2v) is 5.56. The highest BCUT2D eigenvalue weighted by atomic mass is 16.6. The summed E-state index contributed by atoms with van der Waals surface area (Å²) in [6.45, 7) is 2.20. The van der Waals surface area contributed by atoms with Crippen molar-refractivity contribution >= 4 is 17.8 Å². The minimum atomic E-state index is -1.11.